The van der Waals surface area contributed by atoms with Crippen LogP contribution in [0.4, 0.5) is 22.4 Å². The van der Waals surface area contributed by atoms with Gasteiger partial charge in [0.05, 0.1) is 12.6 Å². The summed E-state index contributed by atoms with van der Waals surface area (Å²) in [6.45, 7) is 0.915. The summed E-state index contributed by atoms with van der Waals surface area (Å²) in [6, 6.07) is 12.9. The van der Waals surface area contributed by atoms with Gasteiger partial charge in [-0.15, -0.1) is 0 Å². The molecule has 3 aliphatic rings. The van der Waals surface area contributed by atoms with E-state index in [0.717, 1.165) is 18.4 Å². The number of nitrogens with zero attached hydrogens (tertiary/aromatic N) is 3. The first-order valence-electron chi connectivity index (χ1n) is 14.6. The second-order valence-electron chi connectivity index (χ2n) is 11.8. The molecule has 3 amide bonds. The summed E-state index contributed by atoms with van der Waals surface area (Å²) in [4.78, 5) is 42.9. The van der Waals surface area contributed by atoms with E-state index in [4.69, 9.17) is 4.74 Å². The molecule has 1 aliphatic carbocycles. The molecular formula is C31H36F4N4O4. The quantitative estimate of drug-likeness (QED) is 0.453. The van der Waals surface area contributed by atoms with Crippen LogP contribution in [0.3, 0.4) is 0 Å². The van der Waals surface area contributed by atoms with Gasteiger partial charge in [-0.25, -0.2) is 9.18 Å². The fourth-order valence-corrected chi connectivity index (χ4v) is 5.88. The van der Waals surface area contributed by atoms with E-state index < -0.39 is 49.3 Å². The predicted octanol–water partition coefficient (Wildman–Crippen LogP) is 4.39. The summed E-state index contributed by atoms with van der Waals surface area (Å²) in [5, 5.41) is 3.01. The van der Waals surface area contributed by atoms with Crippen LogP contribution in [0.5, 0.6) is 0 Å². The summed E-state index contributed by atoms with van der Waals surface area (Å²) in [6.07, 6.45) is -2.24. The fraction of sp³-hybridized carbons (Fsp3) is 0.516. The van der Waals surface area contributed by atoms with Crippen LogP contribution in [0.2, 0.25) is 0 Å². The molecule has 5 rings (SSSR count). The van der Waals surface area contributed by atoms with Gasteiger partial charge in [0, 0.05) is 32.7 Å². The average Bonchev–Trinajstić information content (AvgIpc) is 3.52. The fourth-order valence-electron chi connectivity index (χ4n) is 5.88. The number of likely N-dealkylation sites (tertiary alicyclic amines) is 1. The lowest BCUT2D eigenvalue weighted by molar-refractivity contribution is -0.149. The van der Waals surface area contributed by atoms with Crippen molar-refractivity contribution in [2.75, 3.05) is 45.9 Å². The molecule has 0 radical (unpaired) electrons. The molecule has 0 aromatic heterocycles. The maximum atomic E-state index is 15.2. The van der Waals surface area contributed by atoms with Gasteiger partial charge in [0.1, 0.15) is 11.9 Å². The average molecular weight is 605 g/mol. The Hall–Kier alpha value is -3.67. The van der Waals surface area contributed by atoms with Gasteiger partial charge in [-0.05, 0) is 53.9 Å². The molecule has 2 aromatic carbocycles. The number of carbonyl (C=O) groups excluding carboxylic acids is 3. The second-order valence-corrected chi connectivity index (χ2v) is 11.8. The number of amides is 3. The molecule has 0 bridgehead atoms. The first kappa shape index (κ1) is 30.8. The van der Waals surface area contributed by atoms with Crippen LogP contribution in [0, 0.1) is 5.82 Å². The third-order valence-corrected chi connectivity index (χ3v) is 8.62. The largest absolute Gasteiger partial charge is 0.439 e. The summed E-state index contributed by atoms with van der Waals surface area (Å²) >= 11 is 0. The third kappa shape index (κ3) is 7.46. The molecule has 2 saturated heterocycles. The van der Waals surface area contributed by atoms with Crippen LogP contribution in [0.1, 0.15) is 55.3 Å². The van der Waals surface area contributed by atoms with Crippen LogP contribution < -0.4 is 5.32 Å². The third-order valence-electron chi connectivity index (χ3n) is 8.62. The summed E-state index contributed by atoms with van der Waals surface area (Å²) < 4.78 is 58.2. The summed E-state index contributed by atoms with van der Waals surface area (Å²) in [5.41, 5.74) is 1.87. The Morgan fingerprint density at radius 2 is 1.70 bits per heavy atom. The Bertz CT molecular complexity index is 1330. The minimum Gasteiger partial charge on any atom is -0.439 e. The standard InChI is InChI=1S/C31H36F4N4O4/c1-30(11-12-30)23-10-9-22(18-24(23)32)27(21-6-3-2-4-7-21)36-28(41)25-8-5-13-39(25)26(40)19-43-29(42)38-16-14-37(15-17-38)20-31(33,34)35/h2-4,6-7,9-10,18,25,27H,5,8,11-17,19-20H2,1H3,(H,36,41)/t25-,27-/m0/s1. The van der Waals surface area contributed by atoms with E-state index in [-0.39, 0.29) is 37.4 Å². The number of alkyl halides is 3. The van der Waals surface area contributed by atoms with Gasteiger partial charge >= 0.3 is 12.3 Å². The smallest absolute Gasteiger partial charge is 0.410 e. The van der Waals surface area contributed by atoms with Crippen molar-refractivity contribution in [1.82, 2.24) is 20.0 Å². The van der Waals surface area contributed by atoms with E-state index >= 15 is 4.39 Å². The minimum absolute atomic E-state index is 0.0471. The molecule has 3 fully saturated rings. The number of hydrogen-bond acceptors (Lipinski definition) is 5. The highest BCUT2D eigenvalue weighted by molar-refractivity contribution is 5.89. The van der Waals surface area contributed by atoms with E-state index in [1.807, 2.05) is 43.3 Å². The van der Waals surface area contributed by atoms with Crippen LogP contribution in [0.25, 0.3) is 0 Å². The minimum atomic E-state index is -4.32. The van der Waals surface area contributed by atoms with Crippen molar-refractivity contribution < 1.29 is 36.7 Å². The lowest BCUT2D eigenvalue weighted by Crippen LogP contribution is -2.52. The van der Waals surface area contributed by atoms with Crippen molar-refractivity contribution in [2.45, 2.75) is 56.3 Å². The van der Waals surface area contributed by atoms with Crippen molar-refractivity contribution in [3.63, 3.8) is 0 Å². The normalized spacial score (nSPS) is 20.9. The zero-order chi connectivity index (χ0) is 30.8. The van der Waals surface area contributed by atoms with Gasteiger partial charge in [0.15, 0.2) is 6.61 Å². The number of ether oxygens (including phenoxy) is 1. The first-order chi connectivity index (χ1) is 20.4. The van der Waals surface area contributed by atoms with Crippen molar-refractivity contribution >= 4 is 17.9 Å². The number of hydrogen-bond donors (Lipinski definition) is 1. The summed E-state index contributed by atoms with van der Waals surface area (Å²) in [5.74, 6) is -1.24. The SMILES string of the molecule is CC1(c2ccc([C@@H](NC(=O)[C@@H]3CCCN3C(=O)COC(=O)N3CCN(CC(F)(F)F)CC3)c3ccccc3)cc2F)CC1. The van der Waals surface area contributed by atoms with Crippen LogP contribution >= 0.6 is 0 Å². The molecule has 12 heteroatoms. The van der Waals surface area contributed by atoms with Gasteiger partial charge in [-0.2, -0.15) is 13.2 Å². The Balaban J connectivity index is 1.20. The molecule has 0 unspecified atom stereocenters. The first-order valence-corrected chi connectivity index (χ1v) is 14.6. The number of piperazine rings is 1. The van der Waals surface area contributed by atoms with Gasteiger partial charge < -0.3 is 19.9 Å². The Kier molecular flexibility index (Phi) is 8.96. The van der Waals surface area contributed by atoms with Gasteiger partial charge in [-0.1, -0.05) is 49.4 Å². The monoisotopic (exact) mass is 604 g/mol. The van der Waals surface area contributed by atoms with E-state index in [1.54, 1.807) is 6.07 Å². The topological polar surface area (TPSA) is 82.2 Å². The summed E-state index contributed by atoms with van der Waals surface area (Å²) in [7, 11) is 0. The van der Waals surface area contributed by atoms with Crippen molar-refractivity contribution in [3.05, 3.63) is 71.0 Å². The van der Waals surface area contributed by atoms with Crippen LogP contribution in [-0.4, -0.2) is 90.7 Å². The van der Waals surface area contributed by atoms with E-state index in [2.05, 4.69) is 5.32 Å². The van der Waals surface area contributed by atoms with Crippen LogP contribution in [0.15, 0.2) is 48.5 Å². The highest BCUT2D eigenvalue weighted by atomic mass is 19.4. The van der Waals surface area contributed by atoms with E-state index in [1.165, 1.54) is 20.8 Å². The number of nitrogens with one attached hydrogen (secondary N) is 1. The zero-order valence-electron chi connectivity index (χ0n) is 24.0. The Labute approximate surface area is 247 Å². The second kappa shape index (κ2) is 12.5. The molecule has 2 atom stereocenters. The van der Waals surface area contributed by atoms with Gasteiger partial charge in [-0.3, -0.25) is 14.5 Å². The number of rotatable bonds is 8. The maximum absolute atomic E-state index is 15.2. The molecule has 2 aromatic rings. The Morgan fingerprint density at radius 3 is 2.33 bits per heavy atom. The highest BCUT2D eigenvalue weighted by Gasteiger charge is 2.41. The van der Waals surface area contributed by atoms with Crippen LogP contribution in [-0.2, 0) is 19.7 Å². The lowest BCUT2D eigenvalue weighted by atomic mass is 9.92. The van der Waals surface area contributed by atoms with Gasteiger partial charge in [0.2, 0.25) is 5.91 Å². The zero-order valence-corrected chi connectivity index (χ0v) is 24.0. The molecule has 232 valence electrons. The van der Waals surface area contributed by atoms with Gasteiger partial charge in [0.25, 0.3) is 5.91 Å². The predicted molar refractivity (Wildman–Crippen MR) is 150 cm³/mol. The maximum Gasteiger partial charge on any atom is 0.410 e. The molecule has 43 heavy (non-hydrogen) atoms. The molecule has 1 saturated carbocycles. The van der Waals surface area contributed by atoms with Crippen molar-refractivity contribution in [1.29, 1.82) is 0 Å². The number of carbonyl (C=O) groups is 3. The van der Waals surface area contributed by atoms with E-state index in [9.17, 15) is 27.6 Å². The molecule has 8 nitrogen and oxygen atoms in total. The molecule has 0 spiro atoms. The molecule has 2 aliphatic heterocycles. The van der Waals surface area contributed by atoms with E-state index in [0.29, 0.717) is 30.5 Å². The molecule has 2 heterocycles. The molecular weight excluding hydrogens is 568 g/mol. The van der Waals surface area contributed by atoms with Crippen molar-refractivity contribution in [2.24, 2.45) is 0 Å². The molecule has 1 N–H and O–H groups in total. The number of halogens is 4. The Morgan fingerprint density at radius 1 is 1.00 bits per heavy atom. The highest BCUT2D eigenvalue weighted by Crippen LogP contribution is 2.48. The van der Waals surface area contributed by atoms with Crippen molar-refractivity contribution in [3.8, 4) is 0 Å². The lowest BCUT2D eigenvalue weighted by Gasteiger charge is -2.34. The number of benzene rings is 2.